The maximum Gasteiger partial charge on any atom is 0.261 e. The standard InChI is InChI=1S/C38H29ClN2O3/c1-26-35(27-15-5-2-6-16-27)44-38(29-19-9-4-10-20-29)25-34(30-21-11-12-22-31(30)39)40(37(43)28-17-7-3-8-18-28)32-23-13-14-24-33(32)41(38)36(26)42/h2-24,34H,25H2,1H3/t34-,38-/m0/s1. The van der Waals surface area contributed by atoms with Gasteiger partial charge < -0.3 is 4.74 Å². The van der Waals surface area contributed by atoms with Crippen LogP contribution in [-0.2, 0) is 15.3 Å². The van der Waals surface area contributed by atoms with Crippen molar-refractivity contribution >= 4 is 40.5 Å². The van der Waals surface area contributed by atoms with Gasteiger partial charge >= 0.3 is 0 Å². The minimum atomic E-state index is -1.32. The van der Waals surface area contributed by atoms with E-state index >= 15 is 0 Å². The molecule has 2 aliphatic rings. The van der Waals surface area contributed by atoms with Gasteiger partial charge in [0.1, 0.15) is 5.76 Å². The van der Waals surface area contributed by atoms with Crippen LogP contribution in [0.2, 0.25) is 5.02 Å². The number of para-hydroxylation sites is 2. The number of carbonyl (C=O) groups is 2. The van der Waals surface area contributed by atoms with Crippen molar-refractivity contribution in [2.75, 3.05) is 9.80 Å². The third-order valence-corrected chi connectivity index (χ3v) is 8.77. The lowest BCUT2D eigenvalue weighted by Gasteiger charge is -2.47. The Hall–Kier alpha value is -5.13. The van der Waals surface area contributed by atoms with Crippen LogP contribution < -0.4 is 9.80 Å². The quantitative estimate of drug-likeness (QED) is 0.208. The largest absolute Gasteiger partial charge is 0.462 e. The number of fused-ring (bicyclic) bond motifs is 3. The first-order valence-corrected chi connectivity index (χ1v) is 14.9. The molecule has 6 heteroatoms. The maximum atomic E-state index is 14.8. The van der Waals surface area contributed by atoms with E-state index in [0.717, 1.165) is 16.7 Å². The molecule has 5 aromatic rings. The number of carbonyl (C=O) groups excluding carboxylic acids is 2. The highest BCUT2D eigenvalue weighted by Gasteiger charge is 2.55. The first-order valence-electron chi connectivity index (χ1n) is 14.6. The van der Waals surface area contributed by atoms with Crippen molar-refractivity contribution < 1.29 is 14.3 Å². The van der Waals surface area contributed by atoms with Gasteiger partial charge in [-0.3, -0.25) is 19.4 Å². The molecule has 0 radical (unpaired) electrons. The Morgan fingerprint density at radius 1 is 0.750 bits per heavy atom. The molecule has 2 amide bonds. The zero-order valence-electron chi connectivity index (χ0n) is 24.1. The minimum absolute atomic E-state index is 0.196. The van der Waals surface area contributed by atoms with Gasteiger partial charge in [0.05, 0.1) is 23.0 Å². The van der Waals surface area contributed by atoms with Crippen LogP contribution in [0.1, 0.15) is 46.4 Å². The Balaban J connectivity index is 1.56. The van der Waals surface area contributed by atoms with E-state index in [0.29, 0.717) is 33.3 Å². The Labute approximate surface area is 261 Å². The van der Waals surface area contributed by atoms with E-state index in [-0.39, 0.29) is 18.2 Å². The fourth-order valence-corrected chi connectivity index (χ4v) is 6.63. The molecule has 2 heterocycles. The second kappa shape index (κ2) is 11.2. The van der Waals surface area contributed by atoms with Crippen LogP contribution in [0, 0.1) is 0 Å². The Morgan fingerprint density at radius 2 is 1.32 bits per heavy atom. The van der Waals surface area contributed by atoms with Crippen molar-refractivity contribution in [2.45, 2.75) is 25.1 Å². The van der Waals surface area contributed by atoms with Gasteiger partial charge in [-0.2, -0.15) is 0 Å². The van der Waals surface area contributed by atoms with Crippen molar-refractivity contribution in [1.82, 2.24) is 0 Å². The van der Waals surface area contributed by atoms with Crippen LogP contribution in [0.4, 0.5) is 11.4 Å². The predicted octanol–water partition coefficient (Wildman–Crippen LogP) is 8.78. The summed E-state index contributed by atoms with van der Waals surface area (Å²) in [6.07, 6.45) is 0.212. The van der Waals surface area contributed by atoms with E-state index < -0.39 is 11.8 Å². The normalized spacial score (nSPS) is 19.5. The highest BCUT2D eigenvalue weighted by Crippen LogP contribution is 2.55. The average Bonchev–Trinajstić information content (AvgIpc) is 3.21. The Morgan fingerprint density at radius 3 is 2.00 bits per heavy atom. The molecule has 44 heavy (non-hydrogen) atoms. The topological polar surface area (TPSA) is 49.9 Å². The van der Waals surface area contributed by atoms with Gasteiger partial charge in [-0.1, -0.05) is 121 Å². The van der Waals surface area contributed by atoms with E-state index in [1.165, 1.54) is 0 Å². The lowest BCUT2D eigenvalue weighted by molar-refractivity contribution is -0.122. The van der Waals surface area contributed by atoms with Gasteiger partial charge in [-0.25, -0.2) is 0 Å². The van der Waals surface area contributed by atoms with Crippen molar-refractivity contribution in [3.8, 4) is 0 Å². The minimum Gasteiger partial charge on any atom is -0.462 e. The molecule has 2 aliphatic heterocycles. The first kappa shape index (κ1) is 27.7. The van der Waals surface area contributed by atoms with Gasteiger partial charge in [-0.05, 0) is 42.8 Å². The van der Waals surface area contributed by atoms with Crippen LogP contribution in [0.5, 0.6) is 0 Å². The molecule has 0 saturated carbocycles. The summed E-state index contributed by atoms with van der Waals surface area (Å²) >= 11 is 6.93. The molecule has 0 spiro atoms. The number of amides is 2. The van der Waals surface area contributed by atoms with Crippen molar-refractivity contribution in [3.63, 3.8) is 0 Å². The molecule has 0 aliphatic carbocycles. The summed E-state index contributed by atoms with van der Waals surface area (Å²) in [5.41, 5.74) is 3.20. The summed E-state index contributed by atoms with van der Waals surface area (Å²) in [7, 11) is 0. The Kier molecular flexibility index (Phi) is 7.03. The molecule has 0 aromatic heterocycles. The number of hydrogen-bond acceptors (Lipinski definition) is 3. The maximum absolute atomic E-state index is 14.8. The van der Waals surface area contributed by atoms with E-state index in [1.54, 1.807) is 28.9 Å². The molecule has 0 fully saturated rings. The van der Waals surface area contributed by atoms with Crippen LogP contribution in [0.3, 0.4) is 0 Å². The molecule has 0 N–H and O–H groups in total. The zero-order valence-corrected chi connectivity index (χ0v) is 24.8. The molecule has 0 bridgehead atoms. The number of rotatable bonds is 4. The summed E-state index contributed by atoms with van der Waals surface area (Å²) in [6.45, 7) is 1.80. The summed E-state index contributed by atoms with van der Waals surface area (Å²) in [6, 6.07) is 43.2. The van der Waals surface area contributed by atoms with Gasteiger partial charge in [0.25, 0.3) is 11.8 Å². The third kappa shape index (κ3) is 4.48. The summed E-state index contributed by atoms with van der Waals surface area (Å²) in [5, 5.41) is 0.523. The number of benzene rings is 5. The summed E-state index contributed by atoms with van der Waals surface area (Å²) in [5.74, 6) is 0.110. The van der Waals surface area contributed by atoms with Gasteiger partial charge in [0.15, 0.2) is 0 Å². The fraction of sp³-hybridized carbons (Fsp3) is 0.105. The fourth-order valence-electron chi connectivity index (χ4n) is 6.37. The molecule has 5 aromatic carbocycles. The van der Waals surface area contributed by atoms with Crippen LogP contribution in [0.15, 0.2) is 145 Å². The summed E-state index contributed by atoms with van der Waals surface area (Å²) in [4.78, 5) is 32.9. The first-order chi connectivity index (χ1) is 21.5. The zero-order chi connectivity index (χ0) is 30.3. The lowest BCUT2D eigenvalue weighted by Crippen LogP contribution is -2.55. The average molecular weight is 597 g/mol. The number of halogens is 1. The highest BCUT2D eigenvalue weighted by atomic mass is 35.5. The molecule has 0 unspecified atom stereocenters. The van der Waals surface area contributed by atoms with Crippen LogP contribution >= 0.6 is 11.6 Å². The molecular weight excluding hydrogens is 568 g/mol. The monoisotopic (exact) mass is 596 g/mol. The number of nitrogens with zero attached hydrogens (tertiary/aromatic N) is 2. The van der Waals surface area contributed by atoms with E-state index in [9.17, 15) is 9.59 Å². The van der Waals surface area contributed by atoms with E-state index in [4.69, 9.17) is 16.3 Å². The van der Waals surface area contributed by atoms with Gasteiger partial charge in [0, 0.05) is 28.1 Å². The van der Waals surface area contributed by atoms with Gasteiger partial charge in [0.2, 0.25) is 5.72 Å². The SMILES string of the molecule is CC1=C(c2ccccc2)O[C@]2(c3ccccc3)C[C@@H](c3ccccc3Cl)N(C(=O)c3ccccc3)c3ccccc3N2C1=O. The molecule has 5 nitrogen and oxygen atoms in total. The molecule has 7 rings (SSSR count). The van der Waals surface area contributed by atoms with Crippen LogP contribution in [-0.4, -0.2) is 11.8 Å². The molecule has 0 saturated heterocycles. The predicted molar refractivity (Wildman–Crippen MR) is 174 cm³/mol. The second-order valence-corrected chi connectivity index (χ2v) is 11.4. The summed E-state index contributed by atoms with van der Waals surface area (Å²) < 4.78 is 7.20. The smallest absolute Gasteiger partial charge is 0.261 e. The van der Waals surface area contributed by atoms with Crippen LogP contribution in [0.25, 0.3) is 5.76 Å². The van der Waals surface area contributed by atoms with E-state index in [1.807, 2.05) is 127 Å². The lowest BCUT2D eigenvalue weighted by atomic mass is 9.87. The number of ether oxygens (including phenoxy) is 1. The Bertz CT molecular complexity index is 1890. The van der Waals surface area contributed by atoms with Gasteiger partial charge in [-0.15, -0.1) is 0 Å². The molecule has 2 atom stereocenters. The molecular formula is C38H29ClN2O3. The van der Waals surface area contributed by atoms with Crippen molar-refractivity contribution in [2.24, 2.45) is 0 Å². The molecule has 216 valence electrons. The number of hydrogen-bond donors (Lipinski definition) is 0. The number of anilines is 2. The second-order valence-electron chi connectivity index (χ2n) is 11.0. The van der Waals surface area contributed by atoms with Crippen molar-refractivity contribution in [1.29, 1.82) is 0 Å². The highest BCUT2D eigenvalue weighted by molar-refractivity contribution is 6.31. The third-order valence-electron chi connectivity index (χ3n) is 8.43. The van der Waals surface area contributed by atoms with E-state index in [2.05, 4.69) is 0 Å². The van der Waals surface area contributed by atoms with Crippen molar-refractivity contribution in [3.05, 3.63) is 172 Å².